The van der Waals surface area contributed by atoms with Gasteiger partial charge in [0.1, 0.15) is 19.3 Å². The lowest BCUT2D eigenvalue weighted by atomic mass is 10.1. The lowest BCUT2D eigenvalue weighted by Gasteiger charge is -2.21. The molecule has 0 amide bonds. The van der Waals surface area contributed by atoms with Crippen molar-refractivity contribution in [2.45, 2.75) is 303 Å². The van der Waals surface area contributed by atoms with Crippen molar-refractivity contribution >= 4 is 39.5 Å². The zero-order valence-corrected chi connectivity index (χ0v) is 69.6. The molecule has 0 aromatic rings. The third kappa shape index (κ3) is 79.7. The molecule has 0 aliphatic rings. The van der Waals surface area contributed by atoms with Gasteiger partial charge in [-0.25, -0.2) is 9.13 Å². The number of carbonyl (C=O) groups excluding carboxylic acids is 4. The number of ether oxygens (including phenoxy) is 4. The number of aliphatic hydroxyl groups excluding tert-OH is 1. The monoisotopic (exact) mass is 1570 g/mol. The van der Waals surface area contributed by atoms with Gasteiger partial charge < -0.3 is 33.8 Å². The van der Waals surface area contributed by atoms with Crippen molar-refractivity contribution in [3.63, 3.8) is 0 Å². The van der Waals surface area contributed by atoms with Crippen LogP contribution in [0.25, 0.3) is 0 Å². The summed E-state index contributed by atoms with van der Waals surface area (Å²) in [6.45, 7) is 4.30. The van der Waals surface area contributed by atoms with Gasteiger partial charge in [-0.1, -0.05) is 298 Å². The van der Waals surface area contributed by atoms with Crippen molar-refractivity contribution in [3.8, 4) is 0 Å². The molecule has 0 aliphatic carbocycles. The minimum absolute atomic E-state index is 0.0114. The molecule has 0 aromatic carbocycles. The number of rotatable bonds is 75. The number of esters is 4. The van der Waals surface area contributed by atoms with E-state index in [1.807, 2.05) is 36.5 Å². The summed E-state index contributed by atoms with van der Waals surface area (Å²) in [4.78, 5) is 73.1. The maximum atomic E-state index is 13.1. The molecular formula is C91H144O17P2. The van der Waals surface area contributed by atoms with Crippen LogP contribution in [0.2, 0.25) is 0 Å². The Kier molecular flexibility index (Phi) is 76.0. The lowest BCUT2D eigenvalue weighted by Crippen LogP contribution is -2.30. The number of carbonyl (C=O) groups is 4. The van der Waals surface area contributed by atoms with E-state index in [0.717, 1.165) is 167 Å². The summed E-state index contributed by atoms with van der Waals surface area (Å²) in [5, 5.41) is 10.7. The quantitative estimate of drug-likeness (QED) is 0.0169. The van der Waals surface area contributed by atoms with E-state index >= 15 is 0 Å². The first kappa shape index (κ1) is 104. The van der Waals surface area contributed by atoms with Crippen molar-refractivity contribution in [1.29, 1.82) is 0 Å². The minimum Gasteiger partial charge on any atom is -0.462 e. The van der Waals surface area contributed by atoms with Crippen LogP contribution in [0.15, 0.2) is 207 Å². The van der Waals surface area contributed by atoms with Gasteiger partial charge in [0, 0.05) is 25.7 Å². The van der Waals surface area contributed by atoms with Crippen LogP contribution in [-0.2, 0) is 65.4 Å². The van der Waals surface area contributed by atoms with Gasteiger partial charge in [-0.15, -0.1) is 0 Å². The standard InChI is InChI=1S/C91H144O17P2/c1-5-9-13-17-21-25-29-33-36-39-42-45-48-52-55-59-63-67-71-75-88(93)101-81-86(107-90(95)77-73-69-65-61-57-51-32-28-24-20-16-12-8-4)83-105-109(97,98)103-79-85(92)80-104-110(99,100)106-84-87(108-91(96)78-74-70-66-62-58-54-50-47-44-41-38-35-31-27-23-19-15-11-7-3)82-102-89(94)76-72-68-64-60-56-53-49-46-43-40-37-34-30-26-22-18-14-10-6-2/h9-11,13-15,21-23,25-28,32-38,42-47,53-54,56,58,64,66,68,70,85-87,92H,5-8,12,16-20,24,29-31,39-41,48-52,55,57,59-63,65,67,69,71-84H2,1-4H3,(H,97,98)(H,99,100)/b13-9-,14-10-,15-11-,25-21-,26-22-,27-23-,32-28-,36-33-,37-34-,38-35-,45-42-,46-43-,47-44-,56-53-,58-54-,68-64-,70-66-. The summed E-state index contributed by atoms with van der Waals surface area (Å²) >= 11 is 0. The summed E-state index contributed by atoms with van der Waals surface area (Å²) in [5.74, 6) is -2.42. The zero-order valence-electron chi connectivity index (χ0n) is 67.8. The number of hydrogen-bond acceptors (Lipinski definition) is 15. The molecule has 3 N–H and O–H groups in total. The van der Waals surface area contributed by atoms with Crippen LogP contribution in [0, 0.1) is 0 Å². The first-order valence-corrected chi connectivity index (χ1v) is 44.3. The Morgan fingerprint density at radius 3 is 0.809 bits per heavy atom. The summed E-state index contributed by atoms with van der Waals surface area (Å²) < 4.78 is 68.5. The molecule has 0 spiro atoms. The summed E-state index contributed by atoms with van der Waals surface area (Å²) in [7, 11) is -10.0. The summed E-state index contributed by atoms with van der Waals surface area (Å²) in [5.41, 5.74) is 0. The van der Waals surface area contributed by atoms with Crippen LogP contribution < -0.4 is 0 Å². The van der Waals surface area contributed by atoms with E-state index in [9.17, 15) is 43.2 Å². The molecule has 0 aliphatic heterocycles. The Labute approximate surface area is 665 Å². The number of hydrogen-bond donors (Lipinski definition) is 3. The molecule has 620 valence electrons. The van der Waals surface area contributed by atoms with Crippen molar-refractivity contribution in [2.24, 2.45) is 0 Å². The minimum atomic E-state index is -5.03. The smallest absolute Gasteiger partial charge is 0.462 e. The molecule has 0 heterocycles. The van der Waals surface area contributed by atoms with E-state index in [2.05, 4.69) is 198 Å². The van der Waals surface area contributed by atoms with Gasteiger partial charge in [0.05, 0.1) is 26.4 Å². The van der Waals surface area contributed by atoms with Crippen molar-refractivity contribution in [2.75, 3.05) is 39.6 Å². The Hall–Kier alpha value is -6.36. The highest BCUT2D eigenvalue weighted by atomic mass is 31.2. The second-order valence-electron chi connectivity index (χ2n) is 26.6. The molecule has 0 saturated carbocycles. The molecule has 0 rings (SSSR count). The van der Waals surface area contributed by atoms with Crippen LogP contribution in [-0.4, -0.2) is 96.7 Å². The Bertz CT molecular complexity index is 2900. The molecule has 17 nitrogen and oxygen atoms in total. The molecule has 110 heavy (non-hydrogen) atoms. The number of unbranched alkanes of at least 4 members (excludes halogenated alkanes) is 15. The highest BCUT2D eigenvalue weighted by Crippen LogP contribution is 2.45. The molecule has 5 atom stereocenters. The van der Waals surface area contributed by atoms with E-state index in [1.165, 1.54) is 25.7 Å². The Balaban J connectivity index is 5.53. The van der Waals surface area contributed by atoms with Gasteiger partial charge in [-0.2, -0.15) is 0 Å². The van der Waals surface area contributed by atoms with Crippen LogP contribution in [0.5, 0.6) is 0 Å². The average Bonchev–Trinajstić information content (AvgIpc) is 0.900. The Morgan fingerprint density at radius 1 is 0.264 bits per heavy atom. The van der Waals surface area contributed by atoms with E-state index in [-0.39, 0.29) is 25.7 Å². The zero-order chi connectivity index (χ0) is 80.3. The molecule has 0 fully saturated rings. The van der Waals surface area contributed by atoms with E-state index in [4.69, 9.17) is 37.0 Å². The number of phosphoric acid groups is 2. The van der Waals surface area contributed by atoms with Gasteiger partial charge in [-0.05, 0) is 167 Å². The summed E-state index contributed by atoms with van der Waals surface area (Å²) in [6.07, 6.45) is 101. The molecular weight excluding hydrogens is 1430 g/mol. The van der Waals surface area contributed by atoms with E-state index in [1.54, 1.807) is 0 Å². The third-order valence-electron chi connectivity index (χ3n) is 16.3. The summed E-state index contributed by atoms with van der Waals surface area (Å²) in [6, 6.07) is 0. The SMILES string of the molecule is CC/C=C\C/C=C\C/C=C\C/C=C\C/C=C\C/C=C\CCC(=O)OCC(COP(=O)(O)OCC(O)COP(=O)(O)OCC(COC(=O)CCCCCCCC/C=C\C/C=C\C/C=C\C/C=C\CC)OC(=O)CCCCCCC/C=C\CCCCCC)OC(=O)CC/C=C\C/C=C\C/C=C\C/C=C\C/C=C\C/C=C\CC. The second-order valence-corrected chi connectivity index (χ2v) is 29.5. The topological polar surface area (TPSA) is 237 Å². The van der Waals surface area contributed by atoms with Crippen LogP contribution >= 0.6 is 15.6 Å². The first-order chi connectivity index (χ1) is 53.7. The first-order valence-electron chi connectivity index (χ1n) is 41.3. The highest BCUT2D eigenvalue weighted by Gasteiger charge is 2.30. The average molecular weight is 1570 g/mol. The number of aliphatic hydroxyl groups is 1. The Morgan fingerprint density at radius 2 is 0.491 bits per heavy atom. The fourth-order valence-electron chi connectivity index (χ4n) is 10.1. The molecule has 19 heteroatoms. The van der Waals surface area contributed by atoms with Gasteiger partial charge in [0.2, 0.25) is 0 Å². The van der Waals surface area contributed by atoms with Gasteiger partial charge in [-0.3, -0.25) is 37.3 Å². The molecule has 0 radical (unpaired) electrons. The predicted octanol–water partition coefficient (Wildman–Crippen LogP) is 24.7. The molecule has 0 aromatic heterocycles. The van der Waals surface area contributed by atoms with Crippen LogP contribution in [0.4, 0.5) is 0 Å². The normalized spacial score (nSPS) is 14.9. The number of allylic oxidation sites excluding steroid dienone is 34. The molecule has 0 saturated heterocycles. The predicted molar refractivity (Wildman–Crippen MR) is 454 cm³/mol. The third-order valence-corrected chi connectivity index (χ3v) is 18.2. The van der Waals surface area contributed by atoms with Crippen molar-refractivity contribution < 1.29 is 80.2 Å². The van der Waals surface area contributed by atoms with Crippen molar-refractivity contribution in [1.82, 2.24) is 0 Å². The fraction of sp³-hybridized carbons (Fsp3) is 0.582. The van der Waals surface area contributed by atoms with E-state index < -0.39 is 97.5 Å². The largest absolute Gasteiger partial charge is 0.472 e. The maximum Gasteiger partial charge on any atom is 0.472 e. The van der Waals surface area contributed by atoms with Crippen molar-refractivity contribution in [3.05, 3.63) is 207 Å². The molecule has 0 bridgehead atoms. The second kappa shape index (κ2) is 80.7. The van der Waals surface area contributed by atoms with Crippen LogP contribution in [0.1, 0.15) is 285 Å². The van der Waals surface area contributed by atoms with Crippen LogP contribution in [0.3, 0.4) is 0 Å². The molecule has 5 unspecified atom stereocenters. The van der Waals surface area contributed by atoms with Gasteiger partial charge in [0.25, 0.3) is 0 Å². The van der Waals surface area contributed by atoms with E-state index in [0.29, 0.717) is 38.5 Å². The lowest BCUT2D eigenvalue weighted by molar-refractivity contribution is -0.161. The number of phosphoric ester groups is 2. The fourth-order valence-corrected chi connectivity index (χ4v) is 11.7. The van der Waals surface area contributed by atoms with Gasteiger partial charge >= 0.3 is 39.5 Å². The highest BCUT2D eigenvalue weighted by molar-refractivity contribution is 7.47. The maximum absolute atomic E-state index is 13.1. The van der Waals surface area contributed by atoms with Gasteiger partial charge in [0.15, 0.2) is 12.2 Å².